The van der Waals surface area contributed by atoms with E-state index in [4.69, 9.17) is 23.2 Å². The van der Waals surface area contributed by atoms with Crippen molar-refractivity contribution in [2.75, 3.05) is 5.32 Å². The minimum absolute atomic E-state index is 0.101. The number of carbonyl (C=O) groups is 2. The summed E-state index contributed by atoms with van der Waals surface area (Å²) >= 11 is 11.7. The fourth-order valence-corrected chi connectivity index (χ4v) is 1.76. The third kappa shape index (κ3) is 2.88. The third-order valence-electron chi connectivity index (χ3n) is 2.28. The summed E-state index contributed by atoms with van der Waals surface area (Å²) in [6.45, 7) is 0. The lowest BCUT2D eigenvalue weighted by molar-refractivity contribution is -0.121. The highest BCUT2D eigenvalue weighted by Crippen LogP contribution is 2.25. The molecule has 17 heavy (non-hydrogen) atoms. The van der Waals surface area contributed by atoms with Crippen LogP contribution in [0.5, 0.6) is 0 Å². The van der Waals surface area contributed by atoms with E-state index in [-0.39, 0.29) is 18.2 Å². The predicted octanol–water partition coefficient (Wildman–Crippen LogP) is 1.32. The van der Waals surface area contributed by atoms with Crippen LogP contribution in [-0.2, 0) is 9.59 Å². The van der Waals surface area contributed by atoms with Gasteiger partial charge >= 0.3 is 0 Å². The molecule has 1 aliphatic rings. The minimum Gasteiger partial charge on any atom is -0.323 e. The Morgan fingerprint density at radius 2 is 2.18 bits per heavy atom. The lowest BCUT2D eigenvalue weighted by Gasteiger charge is -2.11. The van der Waals surface area contributed by atoms with Crippen LogP contribution in [0.15, 0.2) is 18.2 Å². The fourth-order valence-electron chi connectivity index (χ4n) is 1.43. The van der Waals surface area contributed by atoms with Crippen molar-refractivity contribution < 1.29 is 9.59 Å². The Balaban J connectivity index is 2.07. The number of amides is 2. The van der Waals surface area contributed by atoms with E-state index < -0.39 is 6.04 Å². The van der Waals surface area contributed by atoms with Gasteiger partial charge in [-0.3, -0.25) is 15.0 Å². The van der Waals surface area contributed by atoms with Crippen LogP contribution >= 0.6 is 23.2 Å². The summed E-state index contributed by atoms with van der Waals surface area (Å²) < 4.78 is 0. The van der Waals surface area contributed by atoms with Gasteiger partial charge in [0.25, 0.3) is 0 Å². The number of rotatable bonds is 2. The average Bonchev–Trinajstić information content (AvgIpc) is 2.70. The molecule has 0 spiro atoms. The van der Waals surface area contributed by atoms with Crippen molar-refractivity contribution in [3.05, 3.63) is 28.2 Å². The van der Waals surface area contributed by atoms with Crippen molar-refractivity contribution in [1.29, 1.82) is 0 Å². The van der Waals surface area contributed by atoms with Crippen molar-refractivity contribution in [2.45, 2.75) is 12.5 Å². The molecule has 1 aromatic carbocycles. The number of halogens is 2. The second kappa shape index (κ2) is 4.91. The lowest BCUT2D eigenvalue weighted by atomic mass is 10.2. The Kier molecular flexibility index (Phi) is 3.51. The van der Waals surface area contributed by atoms with E-state index in [0.717, 1.165) is 0 Å². The molecule has 0 radical (unpaired) electrons. The Bertz CT molecular complexity index is 479. The number of hydrogen-bond donors (Lipinski definition) is 3. The van der Waals surface area contributed by atoms with Crippen LogP contribution in [-0.4, -0.2) is 17.9 Å². The zero-order chi connectivity index (χ0) is 12.4. The first kappa shape index (κ1) is 12.2. The van der Waals surface area contributed by atoms with Crippen molar-refractivity contribution in [3.63, 3.8) is 0 Å². The molecule has 1 aliphatic heterocycles. The van der Waals surface area contributed by atoms with E-state index in [1.165, 1.54) is 0 Å². The summed E-state index contributed by atoms with van der Waals surface area (Å²) in [7, 11) is 0. The maximum absolute atomic E-state index is 11.8. The summed E-state index contributed by atoms with van der Waals surface area (Å²) in [5.41, 5.74) is 5.35. The predicted molar refractivity (Wildman–Crippen MR) is 64.8 cm³/mol. The molecule has 1 saturated heterocycles. The molecular weight excluding hydrogens is 265 g/mol. The smallest absolute Gasteiger partial charge is 0.243 e. The molecule has 1 aromatic rings. The van der Waals surface area contributed by atoms with Gasteiger partial charge in [-0.2, -0.15) is 0 Å². The highest BCUT2D eigenvalue weighted by Gasteiger charge is 2.27. The number of hydrogen-bond acceptors (Lipinski definition) is 3. The minimum atomic E-state index is -0.599. The first-order valence-corrected chi connectivity index (χ1v) is 5.62. The van der Waals surface area contributed by atoms with Crippen LogP contribution in [0.2, 0.25) is 10.0 Å². The van der Waals surface area contributed by atoms with E-state index in [0.29, 0.717) is 15.7 Å². The molecule has 0 bridgehead atoms. The standard InChI is InChI=1S/C10H9Cl2N3O2/c11-5-1-2-6(12)7(3-5)13-10(17)8-4-9(16)15-14-8/h1-3,8,14H,4H2,(H,13,17)(H,15,16). The van der Waals surface area contributed by atoms with E-state index >= 15 is 0 Å². The summed E-state index contributed by atoms with van der Waals surface area (Å²) in [5, 5.41) is 3.46. The molecule has 1 atom stereocenters. The maximum Gasteiger partial charge on any atom is 0.243 e. The average molecular weight is 274 g/mol. The zero-order valence-corrected chi connectivity index (χ0v) is 10.1. The second-order valence-electron chi connectivity index (χ2n) is 3.56. The third-order valence-corrected chi connectivity index (χ3v) is 2.84. The van der Waals surface area contributed by atoms with Crippen molar-refractivity contribution in [2.24, 2.45) is 0 Å². The number of hydrazine groups is 1. The van der Waals surface area contributed by atoms with Gasteiger partial charge in [0.2, 0.25) is 11.8 Å². The van der Waals surface area contributed by atoms with Gasteiger partial charge in [0.05, 0.1) is 17.1 Å². The number of benzene rings is 1. The summed E-state index contributed by atoms with van der Waals surface area (Å²) in [4.78, 5) is 22.7. The van der Waals surface area contributed by atoms with Gasteiger partial charge in [-0.1, -0.05) is 23.2 Å². The molecule has 90 valence electrons. The Morgan fingerprint density at radius 1 is 1.41 bits per heavy atom. The SMILES string of the molecule is O=C1CC(C(=O)Nc2cc(Cl)ccc2Cl)NN1. The molecule has 2 amide bonds. The molecule has 1 unspecified atom stereocenters. The van der Waals surface area contributed by atoms with E-state index in [2.05, 4.69) is 16.2 Å². The molecule has 0 aromatic heterocycles. The van der Waals surface area contributed by atoms with Gasteiger partial charge in [-0.15, -0.1) is 0 Å². The Morgan fingerprint density at radius 3 is 2.82 bits per heavy atom. The van der Waals surface area contributed by atoms with Gasteiger partial charge in [-0.05, 0) is 18.2 Å². The largest absolute Gasteiger partial charge is 0.323 e. The highest BCUT2D eigenvalue weighted by atomic mass is 35.5. The quantitative estimate of drug-likeness (QED) is 0.761. The number of nitrogens with one attached hydrogen (secondary N) is 3. The van der Waals surface area contributed by atoms with Crippen LogP contribution in [0.3, 0.4) is 0 Å². The number of anilines is 1. The van der Waals surface area contributed by atoms with Gasteiger partial charge < -0.3 is 5.32 Å². The van der Waals surface area contributed by atoms with Gasteiger partial charge in [0, 0.05) is 5.02 Å². The summed E-state index contributed by atoms with van der Waals surface area (Å²) in [6, 6.07) is 4.16. The molecular formula is C10H9Cl2N3O2. The molecule has 3 N–H and O–H groups in total. The topological polar surface area (TPSA) is 70.2 Å². The van der Waals surface area contributed by atoms with E-state index in [9.17, 15) is 9.59 Å². The van der Waals surface area contributed by atoms with Crippen molar-refractivity contribution >= 4 is 40.7 Å². The molecule has 5 nitrogen and oxygen atoms in total. The molecule has 1 fully saturated rings. The fraction of sp³-hybridized carbons (Fsp3) is 0.200. The zero-order valence-electron chi connectivity index (χ0n) is 8.59. The lowest BCUT2D eigenvalue weighted by Crippen LogP contribution is -2.39. The molecule has 0 saturated carbocycles. The van der Waals surface area contributed by atoms with Crippen LogP contribution < -0.4 is 16.2 Å². The van der Waals surface area contributed by atoms with Gasteiger partial charge in [0.1, 0.15) is 6.04 Å². The highest BCUT2D eigenvalue weighted by molar-refractivity contribution is 6.35. The van der Waals surface area contributed by atoms with Crippen LogP contribution in [0.25, 0.3) is 0 Å². The Labute approximate surface area is 107 Å². The van der Waals surface area contributed by atoms with E-state index in [1.54, 1.807) is 18.2 Å². The monoisotopic (exact) mass is 273 g/mol. The summed E-state index contributed by atoms with van der Waals surface area (Å²) in [5.74, 6) is -0.560. The molecule has 0 aliphatic carbocycles. The summed E-state index contributed by atoms with van der Waals surface area (Å²) in [6.07, 6.45) is 0.101. The first-order chi connectivity index (χ1) is 8.06. The van der Waals surface area contributed by atoms with Crippen molar-refractivity contribution in [3.8, 4) is 0 Å². The molecule has 1 heterocycles. The normalized spacial score (nSPS) is 18.9. The van der Waals surface area contributed by atoms with Gasteiger partial charge in [0.15, 0.2) is 0 Å². The first-order valence-electron chi connectivity index (χ1n) is 4.86. The van der Waals surface area contributed by atoms with Crippen LogP contribution in [0.1, 0.15) is 6.42 Å². The number of carbonyl (C=O) groups excluding carboxylic acids is 2. The van der Waals surface area contributed by atoms with Crippen LogP contribution in [0, 0.1) is 0 Å². The molecule has 2 rings (SSSR count). The second-order valence-corrected chi connectivity index (χ2v) is 4.41. The van der Waals surface area contributed by atoms with E-state index in [1.807, 2.05) is 0 Å². The van der Waals surface area contributed by atoms with Crippen LogP contribution in [0.4, 0.5) is 5.69 Å². The molecule has 7 heteroatoms. The van der Waals surface area contributed by atoms with Crippen molar-refractivity contribution in [1.82, 2.24) is 10.9 Å². The maximum atomic E-state index is 11.8. The van der Waals surface area contributed by atoms with Gasteiger partial charge in [-0.25, -0.2) is 5.43 Å². The Hall–Kier alpha value is -1.30.